The van der Waals surface area contributed by atoms with Crippen LogP contribution in [0, 0.1) is 10.1 Å². The van der Waals surface area contributed by atoms with Crippen molar-refractivity contribution in [2.45, 2.75) is 19.4 Å². The van der Waals surface area contributed by atoms with Gasteiger partial charge >= 0.3 is 11.8 Å². The minimum absolute atomic E-state index is 0.00610. The lowest BCUT2D eigenvalue weighted by molar-refractivity contribution is -0.390. The third kappa shape index (κ3) is 5.14. The zero-order chi connectivity index (χ0) is 21.3. The van der Waals surface area contributed by atoms with Crippen molar-refractivity contribution >= 4 is 17.5 Å². The molecule has 0 aliphatic carbocycles. The molecule has 0 radical (unpaired) electrons. The van der Waals surface area contributed by atoms with Gasteiger partial charge in [0.15, 0.2) is 6.04 Å². The van der Waals surface area contributed by atoms with Gasteiger partial charge in [-0.15, -0.1) is 0 Å². The van der Waals surface area contributed by atoms with E-state index in [0.29, 0.717) is 11.3 Å². The zero-order valence-electron chi connectivity index (χ0n) is 16.5. The van der Waals surface area contributed by atoms with Crippen molar-refractivity contribution in [3.8, 4) is 0 Å². The second-order valence-electron chi connectivity index (χ2n) is 6.42. The molecule has 3 rings (SSSR count). The lowest BCUT2D eigenvalue weighted by Gasteiger charge is -2.15. The number of aromatic nitrogens is 1. The van der Waals surface area contributed by atoms with E-state index in [9.17, 15) is 14.9 Å². The Morgan fingerprint density at radius 3 is 2.17 bits per heavy atom. The highest BCUT2D eigenvalue weighted by Crippen LogP contribution is 2.20. The highest BCUT2D eigenvalue weighted by atomic mass is 16.6. The summed E-state index contributed by atoms with van der Waals surface area (Å²) in [6, 6.07) is 21.2. The summed E-state index contributed by atoms with van der Waals surface area (Å²) in [7, 11) is 0. The van der Waals surface area contributed by atoms with Gasteiger partial charge in [-0.2, -0.15) is 0 Å². The van der Waals surface area contributed by atoms with Crippen LogP contribution in [-0.2, 0) is 16.0 Å². The maximum atomic E-state index is 12.7. The molecule has 1 aromatic heterocycles. The minimum atomic E-state index is -0.955. The van der Waals surface area contributed by atoms with Crippen molar-refractivity contribution in [3.63, 3.8) is 0 Å². The van der Waals surface area contributed by atoms with Gasteiger partial charge in [0.25, 0.3) is 0 Å². The summed E-state index contributed by atoms with van der Waals surface area (Å²) in [5, 5.41) is 11.4. The summed E-state index contributed by atoms with van der Waals surface area (Å²) in [5.74, 6) is -0.831. The standard InChI is InChI=1S/C23H21N3O4/c1-2-30-23(27)20(16-19-14-9-15-24-22(19)26(28)29)25-21(17-10-5-3-6-11-17)18-12-7-4-8-13-18/h3-15,20H,2,16H2,1H3. The quantitative estimate of drug-likeness (QED) is 0.245. The molecule has 0 spiro atoms. The third-order valence-electron chi connectivity index (χ3n) is 4.39. The average Bonchev–Trinajstić information content (AvgIpc) is 2.78. The van der Waals surface area contributed by atoms with Crippen LogP contribution < -0.4 is 0 Å². The molecule has 0 amide bonds. The van der Waals surface area contributed by atoms with E-state index in [2.05, 4.69) is 4.98 Å². The van der Waals surface area contributed by atoms with Gasteiger partial charge in [-0.3, -0.25) is 4.99 Å². The molecule has 0 aliphatic heterocycles. The Morgan fingerprint density at radius 2 is 1.63 bits per heavy atom. The predicted molar refractivity (Wildman–Crippen MR) is 114 cm³/mol. The van der Waals surface area contributed by atoms with Crippen LogP contribution in [0.15, 0.2) is 84.0 Å². The molecule has 0 fully saturated rings. The lowest BCUT2D eigenvalue weighted by atomic mass is 10.0. The zero-order valence-corrected chi connectivity index (χ0v) is 16.5. The van der Waals surface area contributed by atoms with Gasteiger partial charge < -0.3 is 14.9 Å². The van der Waals surface area contributed by atoms with Crippen LogP contribution in [0.4, 0.5) is 5.82 Å². The van der Waals surface area contributed by atoms with E-state index in [-0.39, 0.29) is 18.8 Å². The first kappa shape index (κ1) is 20.9. The number of pyridine rings is 1. The van der Waals surface area contributed by atoms with Crippen LogP contribution in [-0.4, -0.2) is 34.2 Å². The fraction of sp³-hybridized carbons (Fsp3) is 0.174. The molecule has 7 heteroatoms. The summed E-state index contributed by atoms with van der Waals surface area (Å²) in [5.41, 5.74) is 2.60. The predicted octanol–water partition coefficient (Wildman–Crippen LogP) is 4.00. The Kier molecular flexibility index (Phi) is 7.00. The van der Waals surface area contributed by atoms with E-state index in [1.165, 1.54) is 6.20 Å². The Hall–Kier alpha value is -3.87. The van der Waals surface area contributed by atoms with E-state index in [1.807, 2.05) is 60.7 Å². The van der Waals surface area contributed by atoms with E-state index >= 15 is 0 Å². The van der Waals surface area contributed by atoms with E-state index in [0.717, 1.165) is 11.1 Å². The third-order valence-corrected chi connectivity index (χ3v) is 4.39. The molecule has 2 aromatic carbocycles. The van der Waals surface area contributed by atoms with Crippen molar-refractivity contribution in [1.29, 1.82) is 0 Å². The largest absolute Gasteiger partial charge is 0.464 e. The first-order valence-corrected chi connectivity index (χ1v) is 9.53. The molecule has 152 valence electrons. The van der Waals surface area contributed by atoms with Crippen molar-refractivity contribution in [2.75, 3.05) is 6.61 Å². The Bertz CT molecular complexity index is 995. The van der Waals surface area contributed by atoms with E-state index in [1.54, 1.807) is 19.1 Å². The van der Waals surface area contributed by atoms with Gasteiger partial charge in [0.05, 0.1) is 17.9 Å². The molecule has 0 N–H and O–H groups in total. The Labute approximate surface area is 174 Å². The molecule has 7 nitrogen and oxygen atoms in total. The topological polar surface area (TPSA) is 94.7 Å². The summed E-state index contributed by atoms with van der Waals surface area (Å²) in [6.45, 7) is 1.90. The fourth-order valence-corrected chi connectivity index (χ4v) is 3.05. The fourth-order valence-electron chi connectivity index (χ4n) is 3.05. The number of benzene rings is 2. The second kappa shape index (κ2) is 10.1. The van der Waals surface area contributed by atoms with E-state index in [4.69, 9.17) is 9.73 Å². The monoisotopic (exact) mass is 403 g/mol. The molecule has 0 saturated carbocycles. The van der Waals surface area contributed by atoms with Gasteiger partial charge in [-0.1, -0.05) is 60.7 Å². The number of hydrogen-bond donors (Lipinski definition) is 0. The maximum Gasteiger partial charge on any atom is 0.366 e. The Balaban J connectivity index is 2.08. The van der Waals surface area contributed by atoms with Gasteiger partial charge in [0, 0.05) is 17.5 Å². The number of hydrogen-bond acceptors (Lipinski definition) is 6. The normalized spacial score (nSPS) is 11.4. The SMILES string of the molecule is CCOC(=O)C(Cc1cccnc1[N+](=O)[O-])N=C(c1ccccc1)c1ccccc1. The molecular weight excluding hydrogens is 382 g/mol. The van der Waals surface area contributed by atoms with Crippen LogP contribution in [0.1, 0.15) is 23.6 Å². The van der Waals surface area contributed by atoms with Crippen LogP contribution in [0.5, 0.6) is 0 Å². The number of esters is 1. The average molecular weight is 403 g/mol. The number of carbonyl (C=O) groups excluding carboxylic acids is 1. The number of rotatable bonds is 8. The summed E-state index contributed by atoms with van der Waals surface area (Å²) < 4.78 is 5.21. The molecule has 1 heterocycles. The first-order chi connectivity index (χ1) is 14.6. The van der Waals surface area contributed by atoms with E-state index < -0.39 is 16.9 Å². The molecule has 1 atom stereocenters. The van der Waals surface area contributed by atoms with Gasteiger partial charge in [0.1, 0.15) is 6.20 Å². The number of nitro groups is 1. The maximum absolute atomic E-state index is 12.7. The number of nitrogens with zero attached hydrogens (tertiary/aromatic N) is 3. The summed E-state index contributed by atoms with van der Waals surface area (Å²) in [6.07, 6.45) is 1.36. The van der Waals surface area contributed by atoms with Crippen molar-refractivity contribution in [3.05, 3.63) is 106 Å². The van der Waals surface area contributed by atoms with Crippen molar-refractivity contribution < 1.29 is 14.5 Å². The molecular formula is C23H21N3O4. The van der Waals surface area contributed by atoms with Crippen LogP contribution >= 0.6 is 0 Å². The first-order valence-electron chi connectivity index (χ1n) is 9.53. The van der Waals surface area contributed by atoms with Gasteiger partial charge in [-0.05, 0) is 29.0 Å². The molecule has 30 heavy (non-hydrogen) atoms. The van der Waals surface area contributed by atoms with Crippen LogP contribution in [0.2, 0.25) is 0 Å². The number of ether oxygens (including phenoxy) is 1. The highest BCUT2D eigenvalue weighted by Gasteiger charge is 2.26. The summed E-state index contributed by atoms with van der Waals surface area (Å²) in [4.78, 5) is 32.1. The Morgan fingerprint density at radius 1 is 1.03 bits per heavy atom. The van der Waals surface area contributed by atoms with Crippen LogP contribution in [0.3, 0.4) is 0 Å². The van der Waals surface area contributed by atoms with Gasteiger partial charge in [-0.25, -0.2) is 4.79 Å². The lowest BCUT2D eigenvalue weighted by Crippen LogP contribution is -2.26. The van der Waals surface area contributed by atoms with Crippen LogP contribution in [0.25, 0.3) is 0 Å². The number of aliphatic imine (C=N–C) groups is 1. The highest BCUT2D eigenvalue weighted by molar-refractivity contribution is 6.13. The smallest absolute Gasteiger partial charge is 0.366 e. The van der Waals surface area contributed by atoms with Crippen molar-refractivity contribution in [1.82, 2.24) is 4.98 Å². The van der Waals surface area contributed by atoms with Gasteiger partial charge in [0.2, 0.25) is 0 Å². The summed E-state index contributed by atoms with van der Waals surface area (Å²) >= 11 is 0. The molecule has 0 saturated heterocycles. The molecule has 0 bridgehead atoms. The minimum Gasteiger partial charge on any atom is -0.464 e. The second-order valence-corrected chi connectivity index (χ2v) is 6.42. The molecule has 3 aromatic rings. The molecule has 0 aliphatic rings. The van der Waals surface area contributed by atoms with Crippen molar-refractivity contribution in [2.24, 2.45) is 4.99 Å². The molecule has 1 unspecified atom stereocenters. The number of carbonyl (C=O) groups is 1.